The number of rotatable bonds is 3. The van der Waals surface area contributed by atoms with Gasteiger partial charge in [-0.15, -0.1) is 0 Å². The zero-order valence-corrected chi connectivity index (χ0v) is 12.9. The molecule has 0 aliphatic carbocycles. The number of nitrogen functional groups attached to an aromatic ring is 1. The second-order valence-electron chi connectivity index (χ2n) is 4.89. The van der Waals surface area contributed by atoms with E-state index in [-0.39, 0.29) is 5.91 Å². The number of carbonyl (C=O) groups is 1. The lowest BCUT2D eigenvalue weighted by Gasteiger charge is -2.18. The molecule has 6 heteroatoms. The molecule has 0 bridgehead atoms. The summed E-state index contributed by atoms with van der Waals surface area (Å²) in [6, 6.07) is 8.60. The molecule has 0 saturated carbocycles. The van der Waals surface area contributed by atoms with Crippen LogP contribution in [-0.2, 0) is 0 Å². The minimum Gasteiger partial charge on any atom is -0.399 e. The predicted molar refractivity (Wildman–Crippen MR) is 87.1 cm³/mol. The molecule has 0 atom stereocenters. The first-order valence-electron chi connectivity index (χ1n) is 6.40. The van der Waals surface area contributed by atoms with E-state index in [9.17, 15) is 4.79 Å². The first kappa shape index (κ1) is 15.1. The van der Waals surface area contributed by atoms with E-state index in [1.165, 1.54) is 0 Å². The van der Waals surface area contributed by atoms with Gasteiger partial charge in [0.05, 0.1) is 16.9 Å². The number of aryl methyl sites for hydroxylation is 1. The largest absolute Gasteiger partial charge is 0.399 e. The standard InChI is InChI=1S/C15H17ClN4O/c1-9-12(5-7-14(16)18-9)19-15(21)11-8-10(17)4-6-13(11)20(2)3/h4-8H,17H2,1-3H3,(H,19,21). The molecule has 0 saturated heterocycles. The second kappa shape index (κ2) is 6.01. The molecule has 0 spiro atoms. The molecule has 2 rings (SSSR count). The van der Waals surface area contributed by atoms with Crippen molar-refractivity contribution in [1.29, 1.82) is 0 Å². The molecule has 1 heterocycles. The molecule has 0 fully saturated rings. The Bertz CT molecular complexity index is 685. The number of nitrogens with zero attached hydrogens (tertiary/aromatic N) is 2. The number of hydrogen-bond acceptors (Lipinski definition) is 4. The van der Waals surface area contributed by atoms with Gasteiger partial charge in [0, 0.05) is 25.5 Å². The highest BCUT2D eigenvalue weighted by Gasteiger charge is 2.15. The van der Waals surface area contributed by atoms with Crippen LogP contribution in [-0.4, -0.2) is 25.0 Å². The monoisotopic (exact) mass is 304 g/mol. The van der Waals surface area contributed by atoms with Gasteiger partial charge in [0.1, 0.15) is 5.15 Å². The Balaban J connectivity index is 2.34. The van der Waals surface area contributed by atoms with Gasteiger partial charge in [-0.1, -0.05) is 11.6 Å². The summed E-state index contributed by atoms with van der Waals surface area (Å²) in [7, 11) is 3.74. The Morgan fingerprint density at radius 2 is 2.00 bits per heavy atom. The quantitative estimate of drug-likeness (QED) is 0.675. The summed E-state index contributed by atoms with van der Waals surface area (Å²) in [5, 5.41) is 3.23. The number of anilines is 3. The molecular formula is C15H17ClN4O. The lowest BCUT2D eigenvalue weighted by molar-refractivity contribution is 0.102. The zero-order chi connectivity index (χ0) is 15.6. The van der Waals surface area contributed by atoms with Gasteiger partial charge in [0.15, 0.2) is 0 Å². The molecule has 0 radical (unpaired) electrons. The van der Waals surface area contributed by atoms with Crippen LogP contribution in [0.5, 0.6) is 0 Å². The third kappa shape index (κ3) is 3.44. The van der Waals surface area contributed by atoms with E-state index in [2.05, 4.69) is 10.3 Å². The fourth-order valence-corrected chi connectivity index (χ4v) is 2.17. The normalized spacial score (nSPS) is 10.3. The van der Waals surface area contributed by atoms with E-state index in [4.69, 9.17) is 17.3 Å². The van der Waals surface area contributed by atoms with Crippen LogP contribution in [0.25, 0.3) is 0 Å². The number of aromatic nitrogens is 1. The van der Waals surface area contributed by atoms with E-state index in [1.54, 1.807) is 31.2 Å². The van der Waals surface area contributed by atoms with Gasteiger partial charge >= 0.3 is 0 Å². The van der Waals surface area contributed by atoms with E-state index < -0.39 is 0 Å². The van der Waals surface area contributed by atoms with Crippen molar-refractivity contribution in [2.45, 2.75) is 6.92 Å². The summed E-state index contributed by atoms with van der Waals surface area (Å²) in [5.74, 6) is -0.238. The lowest BCUT2D eigenvalue weighted by Crippen LogP contribution is -2.19. The molecule has 1 aromatic heterocycles. The van der Waals surface area contributed by atoms with Gasteiger partial charge < -0.3 is 16.0 Å². The Kier molecular flexibility index (Phi) is 4.33. The van der Waals surface area contributed by atoms with E-state index in [1.807, 2.05) is 25.1 Å². The van der Waals surface area contributed by atoms with Crippen LogP contribution in [0.3, 0.4) is 0 Å². The molecule has 0 unspecified atom stereocenters. The molecule has 110 valence electrons. The maximum Gasteiger partial charge on any atom is 0.257 e. The average molecular weight is 305 g/mol. The van der Waals surface area contributed by atoms with Gasteiger partial charge in [-0.25, -0.2) is 4.98 Å². The summed E-state index contributed by atoms with van der Waals surface area (Å²) in [6.45, 7) is 1.79. The average Bonchev–Trinajstić information content (AvgIpc) is 2.41. The van der Waals surface area contributed by atoms with Gasteiger partial charge in [-0.05, 0) is 37.3 Å². The molecule has 1 amide bonds. The van der Waals surface area contributed by atoms with Crippen molar-refractivity contribution in [2.75, 3.05) is 30.0 Å². The van der Waals surface area contributed by atoms with Gasteiger partial charge in [-0.3, -0.25) is 4.79 Å². The third-order valence-electron chi connectivity index (χ3n) is 3.05. The number of nitrogens with two attached hydrogens (primary N) is 1. The van der Waals surface area contributed by atoms with Gasteiger partial charge in [0.2, 0.25) is 0 Å². The summed E-state index contributed by atoms with van der Waals surface area (Å²) < 4.78 is 0. The molecule has 0 aliphatic rings. The van der Waals surface area contributed by atoms with Crippen molar-refractivity contribution >= 4 is 34.6 Å². The topological polar surface area (TPSA) is 71.2 Å². The number of carbonyl (C=O) groups excluding carboxylic acids is 1. The molecule has 3 N–H and O–H groups in total. The number of pyridine rings is 1. The highest BCUT2D eigenvalue weighted by molar-refractivity contribution is 6.29. The molecule has 21 heavy (non-hydrogen) atoms. The van der Waals surface area contributed by atoms with Crippen LogP contribution < -0.4 is 16.0 Å². The first-order valence-corrected chi connectivity index (χ1v) is 6.77. The smallest absolute Gasteiger partial charge is 0.257 e. The number of amides is 1. The van der Waals surface area contributed by atoms with Crippen LogP contribution in [0.2, 0.25) is 5.15 Å². The number of hydrogen-bond donors (Lipinski definition) is 2. The maximum absolute atomic E-state index is 12.5. The van der Waals surface area contributed by atoms with Crippen molar-refractivity contribution in [3.05, 3.63) is 46.7 Å². The van der Waals surface area contributed by atoms with Gasteiger partial charge in [-0.2, -0.15) is 0 Å². The van der Waals surface area contributed by atoms with E-state index in [0.29, 0.717) is 27.8 Å². The van der Waals surface area contributed by atoms with Crippen LogP contribution >= 0.6 is 11.6 Å². The maximum atomic E-state index is 12.5. The first-order chi connectivity index (χ1) is 9.88. The number of halogens is 1. The summed E-state index contributed by atoms with van der Waals surface area (Å²) in [4.78, 5) is 18.4. The van der Waals surface area contributed by atoms with Crippen LogP contribution in [0.15, 0.2) is 30.3 Å². The molecule has 1 aromatic carbocycles. The molecule has 0 aliphatic heterocycles. The third-order valence-corrected chi connectivity index (χ3v) is 3.26. The Hall–Kier alpha value is -2.27. The van der Waals surface area contributed by atoms with Crippen molar-refractivity contribution in [3.8, 4) is 0 Å². The highest BCUT2D eigenvalue weighted by Crippen LogP contribution is 2.23. The predicted octanol–water partition coefficient (Wildman–Crippen LogP) is 2.94. The van der Waals surface area contributed by atoms with Crippen molar-refractivity contribution in [3.63, 3.8) is 0 Å². The minimum atomic E-state index is -0.238. The summed E-state index contributed by atoms with van der Waals surface area (Å²) >= 11 is 5.81. The van der Waals surface area contributed by atoms with Crippen LogP contribution in [0.4, 0.5) is 17.1 Å². The fourth-order valence-electron chi connectivity index (χ4n) is 1.98. The van der Waals surface area contributed by atoms with Crippen LogP contribution in [0.1, 0.15) is 16.1 Å². The fraction of sp³-hybridized carbons (Fsp3) is 0.200. The van der Waals surface area contributed by atoms with E-state index in [0.717, 1.165) is 5.69 Å². The van der Waals surface area contributed by atoms with E-state index >= 15 is 0 Å². The van der Waals surface area contributed by atoms with Crippen LogP contribution in [0, 0.1) is 6.92 Å². The molecular weight excluding hydrogens is 288 g/mol. The Labute approximate surface area is 128 Å². The lowest BCUT2D eigenvalue weighted by atomic mass is 10.1. The summed E-state index contributed by atoms with van der Waals surface area (Å²) in [5.41, 5.74) is 8.90. The minimum absolute atomic E-state index is 0.238. The number of benzene rings is 1. The van der Waals surface area contributed by atoms with Crippen molar-refractivity contribution in [1.82, 2.24) is 4.98 Å². The highest BCUT2D eigenvalue weighted by atomic mass is 35.5. The molecule has 5 nitrogen and oxygen atoms in total. The molecule has 2 aromatic rings. The SMILES string of the molecule is Cc1nc(Cl)ccc1NC(=O)c1cc(N)ccc1N(C)C. The summed E-state index contributed by atoms with van der Waals surface area (Å²) in [6.07, 6.45) is 0. The Morgan fingerprint density at radius 1 is 1.29 bits per heavy atom. The van der Waals surface area contributed by atoms with Crippen molar-refractivity contribution < 1.29 is 4.79 Å². The van der Waals surface area contributed by atoms with Crippen molar-refractivity contribution in [2.24, 2.45) is 0 Å². The Morgan fingerprint density at radius 3 is 2.62 bits per heavy atom. The van der Waals surface area contributed by atoms with Gasteiger partial charge in [0.25, 0.3) is 5.91 Å². The second-order valence-corrected chi connectivity index (χ2v) is 5.28. The zero-order valence-electron chi connectivity index (χ0n) is 12.1. The number of nitrogens with one attached hydrogen (secondary N) is 1.